The van der Waals surface area contributed by atoms with Crippen LogP contribution in [-0.4, -0.2) is 12.0 Å². The number of anilines is 1. The standard InChI is InChI=1S/C10H8F2N2S/c1-13-10-14-5-9(15-10)7-4-6(11)2-3-8(7)12/h2-5H,1H3,(H,13,14). The molecule has 15 heavy (non-hydrogen) atoms. The highest BCUT2D eigenvalue weighted by atomic mass is 32.1. The highest BCUT2D eigenvalue weighted by molar-refractivity contribution is 7.18. The lowest BCUT2D eigenvalue weighted by molar-refractivity contribution is 0.603. The number of aromatic nitrogens is 1. The number of halogens is 2. The van der Waals surface area contributed by atoms with E-state index in [2.05, 4.69) is 10.3 Å². The first-order chi connectivity index (χ1) is 7.20. The number of hydrogen-bond acceptors (Lipinski definition) is 3. The minimum Gasteiger partial charge on any atom is -0.365 e. The average molecular weight is 226 g/mol. The third-order valence-electron chi connectivity index (χ3n) is 1.91. The van der Waals surface area contributed by atoms with Gasteiger partial charge in [0.05, 0.1) is 4.88 Å². The Bertz CT molecular complexity index is 482. The number of benzene rings is 1. The Labute approximate surface area is 89.6 Å². The molecule has 2 aromatic rings. The fourth-order valence-corrected chi connectivity index (χ4v) is 1.99. The van der Waals surface area contributed by atoms with E-state index in [9.17, 15) is 8.78 Å². The van der Waals surface area contributed by atoms with E-state index < -0.39 is 11.6 Å². The second kappa shape index (κ2) is 3.94. The first-order valence-electron chi connectivity index (χ1n) is 4.29. The Morgan fingerprint density at radius 3 is 2.80 bits per heavy atom. The van der Waals surface area contributed by atoms with Crippen molar-refractivity contribution in [2.45, 2.75) is 0 Å². The predicted octanol–water partition coefficient (Wildman–Crippen LogP) is 3.13. The van der Waals surface area contributed by atoms with Gasteiger partial charge in [-0.3, -0.25) is 0 Å². The maximum absolute atomic E-state index is 13.4. The fraction of sp³-hybridized carbons (Fsp3) is 0.100. The summed E-state index contributed by atoms with van der Waals surface area (Å²) in [6.07, 6.45) is 1.52. The van der Waals surface area contributed by atoms with Gasteiger partial charge >= 0.3 is 0 Å². The summed E-state index contributed by atoms with van der Waals surface area (Å²) in [6.45, 7) is 0. The van der Waals surface area contributed by atoms with Gasteiger partial charge in [-0.05, 0) is 18.2 Å². The first-order valence-corrected chi connectivity index (χ1v) is 5.11. The second-order valence-corrected chi connectivity index (χ2v) is 3.93. The van der Waals surface area contributed by atoms with Gasteiger partial charge in [0.15, 0.2) is 5.13 Å². The second-order valence-electron chi connectivity index (χ2n) is 2.90. The minimum atomic E-state index is -0.453. The molecule has 1 aromatic carbocycles. The van der Waals surface area contributed by atoms with Crippen molar-refractivity contribution in [1.29, 1.82) is 0 Å². The molecule has 1 heterocycles. The summed E-state index contributed by atoms with van der Waals surface area (Å²) in [4.78, 5) is 4.61. The Hall–Kier alpha value is -1.49. The summed E-state index contributed by atoms with van der Waals surface area (Å²) in [5, 5.41) is 3.52. The van der Waals surface area contributed by atoms with E-state index in [1.165, 1.54) is 23.6 Å². The highest BCUT2D eigenvalue weighted by Crippen LogP contribution is 2.30. The first kappa shape index (κ1) is 10.0. The van der Waals surface area contributed by atoms with Crippen LogP contribution in [-0.2, 0) is 0 Å². The van der Waals surface area contributed by atoms with E-state index in [1.807, 2.05) is 0 Å². The summed E-state index contributed by atoms with van der Waals surface area (Å²) in [6, 6.07) is 3.38. The van der Waals surface area contributed by atoms with Crippen molar-refractivity contribution in [3.63, 3.8) is 0 Å². The normalized spacial score (nSPS) is 10.3. The zero-order valence-corrected chi connectivity index (χ0v) is 8.74. The largest absolute Gasteiger partial charge is 0.365 e. The molecule has 1 N–H and O–H groups in total. The average Bonchev–Trinajstić information content (AvgIpc) is 2.70. The van der Waals surface area contributed by atoms with Crippen molar-refractivity contribution >= 4 is 16.5 Å². The summed E-state index contributed by atoms with van der Waals surface area (Å²) in [7, 11) is 1.73. The van der Waals surface area contributed by atoms with Crippen LogP contribution >= 0.6 is 11.3 Å². The number of hydrogen-bond donors (Lipinski definition) is 1. The topological polar surface area (TPSA) is 24.9 Å². The van der Waals surface area contributed by atoms with E-state index in [1.54, 1.807) is 7.05 Å². The molecule has 0 aliphatic rings. The van der Waals surface area contributed by atoms with Gasteiger partial charge in [0, 0.05) is 18.8 Å². The lowest BCUT2D eigenvalue weighted by Gasteiger charge is -1.98. The van der Waals surface area contributed by atoms with Gasteiger partial charge < -0.3 is 5.32 Å². The van der Waals surface area contributed by atoms with Crippen LogP contribution < -0.4 is 5.32 Å². The Morgan fingerprint density at radius 1 is 1.33 bits per heavy atom. The molecule has 0 saturated heterocycles. The van der Waals surface area contributed by atoms with Crippen LogP contribution in [0.5, 0.6) is 0 Å². The van der Waals surface area contributed by atoms with Crippen LogP contribution in [0.2, 0.25) is 0 Å². The Kier molecular flexibility index (Phi) is 2.64. The maximum Gasteiger partial charge on any atom is 0.182 e. The van der Waals surface area contributed by atoms with E-state index in [4.69, 9.17) is 0 Å². The summed E-state index contributed by atoms with van der Waals surface area (Å²) in [5.74, 6) is -0.895. The molecule has 0 unspecified atom stereocenters. The molecule has 0 aliphatic carbocycles. The van der Waals surface area contributed by atoms with Crippen LogP contribution in [0.3, 0.4) is 0 Å². The SMILES string of the molecule is CNc1ncc(-c2cc(F)ccc2F)s1. The van der Waals surface area contributed by atoms with Crippen LogP contribution in [0.4, 0.5) is 13.9 Å². The Morgan fingerprint density at radius 2 is 2.13 bits per heavy atom. The number of thiazole rings is 1. The molecular weight excluding hydrogens is 218 g/mol. The highest BCUT2D eigenvalue weighted by Gasteiger charge is 2.09. The fourth-order valence-electron chi connectivity index (χ4n) is 1.20. The Balaban J connectivity index is 2.48. The predicted molar refractivity (Wildman–Crippen MR) is 57.0 cm³/mol. The van der Waals surface area contributed by atoms with E-state index in [0.717, 1.165) is 12.1 Å². The lowest BCUT2D eigenvalue weighted by atomic mass is 10.2. The molecule has 2 nitrogen and oxygen atoms in total. The number of rotatable bonds is 2. The molecule has 0 bridgehead atoms. The zero-order chi connectivity index (χ0) is 10.8. The summed E-state index contributed by atoms with van der Waals surface area (Å²) >= 11 is 1.28. The molecular formula is C10H8F2N2S. The molecule has 0 aliphatic heterocycles. The lowest BCUT2D eigenvalue weighted by Crippen LogP contribution is -1.83. The minimum absolute atomic E-state index is 0.244. The summed E-state index contributed by atoms with van der Waals surface area (Å²) < 4.78 is 26.3. The smallest absolute Gasteiger partial charge is 0.182 e. The van der Waals surface area contributed by atoms with E-state index in [0.29, 0.717) is 10.0 Å². The van der Waals surface area contributed by atoms with Gasteiger partial charge in [-0.15, -0.1) is 0 Å². The van der Waals surface area contributed by atoms with Crippen LogP contribution in [0.15, 0.2) is 24.4 Å². The van der Waals surface area contributed by atoms with Crippen LogP contribution in [0.1, 0.15) is 0 Å². The molecule has 0 fully saturated rings. The molecule has 0 saturated carbocycles. The number of nitrogens with zero attached hydrogens (tertiary/aromatic N) is 1. The molecule has 2 rings (SSSR count). The molecule has 0 amide bonds. The zero-order valence-electron chi connectivity index (χ0n) is 7.92. The van der Waals surface area contributed by atoms with Gasteiger partial charge in [0.1, 0.15) is 11.6 Å². The van der Waals surface area contributed by atoms with Gasteiger partial charge in [-0.2, -0.15) is 0 Å². The number of nitrogens with one attached hydrogen (secondary N) is 1. The van der Waals surface area contributed by atoms with Gasteiger partial charge in [0.25, 0.3) is 0 Å². The van der Waals surface area contributed by atoms with Gasteiger partial charge in [0.2, 0.25) is 0 Å². The van der Waals surface area contributed by atoms with E-state index >= 15 is 0 Å². The maximum atomic E-state index is 13.4. The van der Waals surface area contributed by atoms with Crippen molar-refractivity contribution in [2.24, 2.45) is 0 Å². The van der Waals surface area contributed by atoms with Crippen molar-refractivity contribution in [3.05, 3.63) is 36.0 Å². The molecule has 0 radical (unpaired) electrons. The molecule has 1 aromatic heterocycles. The van der Waals surface area contributed by atoms with Crippen molar-refractivity contribution < 1.29 is 8.78 Å². The molecule has 78 valence electrons. The molecule has 0 spiro atoms. The third-order valence-corrected chi connectivity index (χ3v) is 2.96. The van der Waals surface area contributed by atoms with Crippen molar-refractivity contribution in [3.8, 4) is 10.4 Å². The van der Waals surface area contributed by atoms with Gasteiger partial charge in [-0.1, -0.05) is 11.3 Å². The van der Waals surface area contributed by atoms with E-state index in [-0.39, 0.29) is 5.56 Å². The van der Waals surface area contributed by atoms with Crippen LogP contribution in [0, 0.1) is 11.6 Å². The third kappa shape index (κ3) is 1.97. The molecule has 5 heteroatoms. The van der Waals surface area contributed by atoms with Crippen molar-refractivity contribution in [2.75, 3.05) is 12.4 Å². The van der Waals surface area contributed by atoms with Crippen molar-refractivity contribution in [1.82, 2.24) is 4.98 Å². The molecule has 0 atom stereocenters. The monoisotopic (exact) mass is 226 g/mol. The quantitative estimate of drug-likeness (QED) is 0.851. The van der Waals surface area contributed by atoms with Crippen LogP contribution in [0.25, 0.3) is 10.4 Å². The summed E-state index contributed by atoms with van der Waals surface area (Å²) in [5.41, 5.74) is 0.244. The van der Waals surface area contributed by atoms with Gasteiger partial charge in [-0.25, -0.2) is 13.8 Å².